The zero-order valence-corrected chi connectivity index (χ0v) is 17.3. The van der Waals surface area contributed by atoms with Gasteiger partial charge in [-0.15, -0.1) is 0 Å². The Morgan fingerprint density at radius 1 is 1.21 bits per heavy atom. The molecule has 1 aromatic carbocycles. The first-order valence-corrected chi connectivity index (χ1v) is 10.2. The van der Waals surface area contributed by atoms with Gasteiger partial charge in [0.25, 0.3) is 5.91 Å². The lowest BCUT2D eigenvalue weighted by Crippen LogP contribution is -2.38. The number of amides is 3. The molecule has 0 aliphatic heterocycles. The molecule has 29 heavy (non-hydrogen) atoms. The van der Waals surface area contributed by atoms with Gasteiger partial charge >= 0.3 is 12.0 Å². The number of carbonyl (C=O) groups is 3. The second-order valence-electron chi connectivity index (χ2n) is 7.10. The highest BCUT2D eigenvalue weighted by molar-refractivity contribution is 6.30. The normalized spacial score (nSPS) is 15.6. The van der Waals surface area contributed by atoms with E-state index >= 15 is 0 Å². The number of carbonyl (C=O) groups excluding carboxylic acids is 3. The van der Waals surface area contributed by atoms with Crippen molar-refractivity contribution < 1.29 is 19.1 Å². The van der Waals surface area contributed by atoms with Crippen molar-refractivity contribution >= 4 is 29.5 Å². The minimum Gasteiger partial charge on any atom is -0.452 e. The van der Waals surface area contributed by atoms with Crippen molar-refractivity contribution in [2.45, 2.75) is 57.6 Å². The summed E-state index contributed by atoms with van der Waals surface area (Å²) < 4.78 is 5.23. The summed E-state index contributed by atoms with van der Waals surface area (Å²) in [5.74, 6) is -0.961. The third-order valence-corrected chi connectivity index (χ3v) is 5.02. The molecule has 0 heterocycles. The van der Waals surface area contributed by atoms with E-state index in [1.807, 2.05) is 0 Å². The van der Waals surface area contributed by atoms with Gasteiger partial charge < -0.3 is 21.1 Å². The maximum atomic E-state index is 12.3. The zero-order chi connectivity index (χ0) is 21.2. The number of hydrogen-bond donors (Lipinski definition) is 3. The maximum Gasteiger partial charge on any atom is 0.312 e. The minimum absolute atomic E-state index is 0.158. The van der Waals surface area contributed by atoms with Crippen LogP contribution in [0.5, 0.6) is 0 Å². The second kappa shape index (κ2) is 11.5. The van der Waals surface area contributed by atoms with Crippen LogP contribution in [-0.2, 0) is 14.3 Å². The summed E-state index contributed by atoms with van der Waals surface area (Å²) in [4.78, 5) is 35.7. The fourth-order valence-corrected chi connectivity index (χ4v) is 3.33. The molecule has 4 N–H and O–H groups in total. The molecule has 3 amide bonds. The van der Waals surface area contributed by atoms with Crippen molar-refractivity contribution in [1.82, 2.24) is 10.6 Å². The van der Waals surface area contributed by atoms with Gasteiger partial charge in [-0.05, 0) is 56.7 Å². The van der Waals surface area contributed by atoms with Crippen LogP contribution in [0.15, 0.2) is 35.9 Å². The number of benzene rings is 1. The highest BCUT2D eigenvalue weighted by Crippen LogP contribution is 2.21. The quantitative estimate of drug-likeness (QED) is 0.419. The number of rotatable bonds is 9. The number of nitrogens with two attached hydrogens (primary N) is 1. The third-order valence-electron chi connectivity index (χ3n) is 4.77. The van der Waals surface area contributed by atoms with Gasteiger partial charge in [-0.25, -0.2) is 4.79 Å². The summed E-state index contributed by atoms with van der Waals surface area (Å²) in [7, 11) is 0. The molecule has 7 nitrogen and oxygen atoms in total. The van der Waals surface area contributed by atoms with E-state index < -0.39 is 24.1 Å². The number of ether oxygens (including phenoxy) is 1. The van der Waals surface area contributed by atoms with E-state index in [9.17, 15) is 14.4 Å². The Bertz CT molecular complexity index is 749. The lowest BCUT2D eigenvalue weighted by molar-refractivity contribution is -0.155. The molecule has 8 heteroatoms. The van der Waals surface area contributed by atoms with Crippen molar-refractivity contribution in [3.63, 3.8) is 0 Å². The van der Waals surface area contributed by atoms with Crippen LogP contribution < -0.4 is 16.4 Å². The van der Waals surface area contributed by atoms with E-state index in [0.717, 1.165) is 19.3 Å². The fraction of sp³-hybridized carbons (Fsp3) is 0.476. The molecule has 1 aliphatic carbocycles. The van der Waals surface area contributed by atoms with Crippen LogP contribution in [0, 0.1) is 0 Å². The highest BCUT2D eigenvalue weighted by atomic mass is 35.5. The van der Waals surface area contributed by atoms with Crippen molar-refractivity contribution in [3.05, 3.63) is 46.5 Å². The molecule has 0 saturated heterocycles. The summed E-state index contributed by atoms with van der Waals surface area (Å²) in [6, 6.07) is 5.23. The number of halogens is 1. The molecule has 0 aromatic heterocycles. The van der Waals surface area contributed by atoms with E-state index in [2.05, 4.69) is 16.7 Å². The number of allylic oxidation sites excluding steroid dienone is 1. The minimum atomic E-state index is -0.928. The molecule has 2 atom stereocenters. The lowest BCUT2D eigenvalue weighted by Gasteiger charge is -2.19. The molecule has 158 valence electrons. The molecule has 0 fully saturated rings. The van der Waals surface area contributed by atoms with Crippen LogP contribution in [0.1, 0.15) is 57.1 Å². The standard InChI is InChI=1S/C21H28ClN3O4/c1-14(20(27)24-12-11-15-5-3-2-4-6-15)29-19(26)13-18(25-21(23)28)16-7-9-17(22)10-8-16/h5,7-10,14,18H,2-4,6,11-13H2,1H3,(H,24,27)(H3,23,25,28)/t14-,18-/m0/s1. The third kappa shape index (κ3) is 8.15. The molecular formula is C21H28ClN3O4. The van der Waals surface area contributed by atoms with Gasteiger partial charge in [-0.2, -0.15) is 0 Å². The SMILES string of the molecule is C[C@H](OC(=O)C[C@H](NC(N)=O)c1ccc(Cl)cc1)C(=O)NCCC1=CCCCC1. The molecule has 1 aliphatic rings. The number of primary amides is 1. The first-order valence-electron chi connectivity index (χ1n) is 9.81. The second-order valence-corrected chi connectivity index (χ2v) is 7.53. The molecule has 0 spiro atoms. The maximum absolute atomic E-state index is 12.3. The van der Waals surface area contributed by atoms with Crippen molar-refractivity contribution in [3.8, 4) is 0 Å². The number of esters is 1. The van der Waals surface area contributed by atoms with Gasteiger partial charge in [-0.1, -0.05) is 35.4 Å². The van der Waals surface area contributed by atoms with Crippen molar-refractivity contribution in [2.24, 2.45) is 5.73 Å². The van der Waals surface area contributed by atoms with Crippen LogP contribution >= 0.6 is 11.6 Å². The van der Waals surface area contributed by atoms with Crippen molar-refractivity contribution in [1.29, 1.82) is 0 Å². The average Bonchev–Trinajstić information content (AvgIpc) is 2.68. The lowest BCUT2D eigenvalue weighted by atomic mass is 9.97. The van der Waals surface area contributed by atoms with Gasteiger partial charge in [0.15, 0.2) is 6.10 Å². The fourth-order valence-electron chi connectivity index (χ4n) is 3.21. The molecule has 0 radical (unpaired) electrons. The monoisotopic (exact) mass is 421 g/mol. The predicted octanol–water partition coefficient (Wildman–Crippen LogP) is 3.38. The summed E-state index contributed by atoms with van der Waals surface area (Å²) in [5, 5.41) is 5.84. The van der Waals surface area contributed by atoms with Gasteiger partial charge in [-0.3, -0.25) is 9.59 Å². The molecule has 0 unspecified atom stereocenters. The number of urea groups is 1. The van der Waals surface area contributed by atoms with E-state index in [1.54, 1.807) is 24.3 Å². The number of nitrogens with one attached hydrogen (secondary N) is 2. The highest BCUT2D eigenvalue weighted by Gasteiger charge is 2.22. The van der Waals surface area contributed by atoms with Gasteiger partial charge in [0.05, 0.1) is 12.5 Å². The van der Waals surface area contributed by atoms with Crippen LogP contribution in [0.25, 0.3) is 0 Å². The largest absolute Gasteiger partial charge is 0.452 e. The molecule has 2 rings (SSSR count). The molecule has 1 aromatic rings. The van der Waals surface area contributed by atoms with E-state index in [1.165, 1.54) is 25.3 Å². The predicted molar refractivity (Wildman–Crippen MR) is 111 cm³/mol. The summed E-state index contributed by atoms with van der Waals surface area (Å²) in [5.41, 5.74) is 7.23. The molecular weight excluding hydrogens is 394 g/mol. The average molecular weight is 422 g/mol. The molecule has 0 saturated carbocycles. The first kappa shape index (κ1) is 22.7. The smallest absolute Gasteiger partial charge is 0.312 e. The topological polar surface area (TPSA) is 111 Å². The van der Waals surface area contributed by atoms with E-state index in [0.29, 0.717) is 17.1 Å². The van der Waals surface area contributed by atoms with Crippen LogP contribution in [0.2, 0.25) is 5.02 Å². The zero-order valence-electron chi connectivity index (χ0n) is 16.6. The van der Waals surface area contributed by atoms with E-state index in [4.69, 9.17) is 22.1 Å². The Labute approximate surface area is 176 Å². The number of hydrogen-bond acceptors (Lipinski definition) is 4. The summed E-state index contributed by atoms with van der Waals surface area (Å²) in [6.45, 7) is 2.04. The van der Waals surface area contributed by atoms with E-state index in [-0.39, 0.29) is 12.3 Å². The van der Waals surface area contributed by atoms with Gasteiger partial charge in [0.2, 0.25) is 0 Å². The Morgan fingerprint density at radius 3 is 2.55 bits per heavy atom. The Balaban J connectivity index is 1.82. The Kier molecular flexibility index (Phi) is 8.99. The van der Waals surface area contributed by atoms with Crippen LogP contribution in [-0.4, -0.2) is 30.6 Å². The first-order chi connectivity index (χ1) is 13.8. The summed E-state index contributed by atoms with van der Waals surface area (Å²) >= 11 is 5.87. The van der Waals surface area contributed by atoms with Crippen LogP contribution in [0.4, 0.5) is 4.79 Å². The van der Waals surface area contributed by atoms with Gasteiger partial charge in [0, 0.05) is 11.6 Å². The van der Waals surface area contributed by atoms with Gasteiger partial charge in [0.1, 0.15) is 0 Å². The Hall–Kier alpha value is -2.54. The summed E-state index contributed by atoms with van der Waals surface area (Å²) in [6.07, 6.45) is 6.57. The Morgan fingerprint density at radius 2 is 1.93 bits per heavy atom. The molecule has 0 bridgehead atoms. The van der Waals surface area contributed by atoms with Crippen LogP contribution in [0.3, 0.4) is 0 Å². The van der Waals surface area contributed by atoms with Crippen molar-refractivity contribution in [2.75, 3.05) is 6.54 Å².